The van der Waals surface area contributed by atoms with E-state index in [2.05, 4.69) is 5.32 Å². The van der Waals surface area contributed by atoms with E-state index in [0.29, 0.717) is 27.8 Å². The lowest BCUT2D eigenvalue weighted by atomic mass is 10.2. The lowest BCUT2D eigenvalue weighted by Crippen LogP contribution is -2.14. The molecule has 0 fully saturated rings. The van der Waals surface area contributed by atoms with Crippen molar-refractivity contribution >= 4 is 39.0 Å². The van der Waals surface area contributed by atoms with E-state index in [0.717, 1.165) is 10.1 Å². The smallest absolute Gasteiger partial charge is 0.310 e. The predicted molar refractivity (Wildman–Crippen MR) is 114 cm³/mol. The van der Waals surface area contributed by atoms with Crippen LogP contribution < -0.4 is 19.5 Å². The molecule has 152 valence electrons. The molecule has 1 heterocycles. The van der Waals surface area contributed by atoms with Gasteiger partial charge in [0.2, 0.25) is 0 Å². The SMILES string of the molecule is CCC(=O)Oc1cccc(NC(=O)c2sc3ccc(OC)cc3c2OC(C)C)c1. The van der Waals surface area contributed by atoms with Crippen molar-refractivity contribution in [3.63, 3.8) is 0 Å². The summed E-state index contributed by atoms with van der Waals surface area (Å²) in [5.41, 5.74) is 0.530. The summed E-state index contributed by atoms with van der Waals surface area (Å²) >= 11 is 1.35. The van der Waals surface area contributed by atoms with E-state index < -0.39 is 0 Å². The van der Waals surface area contributed by atoms with Gasteiger partial charge in [-0.25, -0.2) is 0 Å². The van der Waals surface area contributed by atoms with E-state index in [1.807, 2.05) is 32.0 Å². The van der Waals surface area contributed by atoms with Crippen molar-refractivity contribution in [1.82, 2.24) is 0 Å². The van der Waals surface area contributed by atoms with Crippen molar-refractivity contribution in [3.05, 3.63) is 47.3 Å². The minimum Gasteiger partial charge on any atom is -0.497 e. The molecule has 0 spiro atoms. The van der Waals surface area contributed by atoms with Gasteiger partial charge in [0.15, 0.2) is 5.75 Å². The number of hydrogen-bond donors (Lipinski definition) is 1. The van der Waals surface area contributed by atoms with Crippen molar-refractivity contribution < 1.29 is 23.8 Å². The first-order valence-electron chi connectivity index (χ1n) is 9.30. The van der Waals surface area contributed by atoms with Crippen molar-refractivity contribution in [3.8, 4) is 17.2 Å². The third-order valence-electron chi connectivity index (χ3n) is 4.02. The summed E-state index contributed by atoms with van der Waals surface area (Å²) in [5.74, 6) is 0.986. The van der Waals surface area contributed by atoms with Crippen LogP contribution in [0.4, 0.5) is 5.69 Å². The van der Waals surface area contributed by atoms with Crippen LogP contribution in [0.25, 0.3) is 10.1 Å². The minimum atomic E-state index is -0.334. The first kappa shape index (κ1) is 20.7. The zero-order valence-corrected chi connectivity index (χ0v) is 17.6. The normalized spacial score (nSPS) is 10.8. The van der Waals surface area contributed by atoms with Crippen LogP contribution in [-0.4, -0.2) is 25.1 Å². The lowest BCUT2D eigenvalue weighted by Gasteiger charge is -2.12. The van der Waals surface area contributed by atoms with E-state index in [1.54, 1.807) is 38.3 Å². The Balaban J connectivity index is 1.92. The Bertz CT molecular complexity index is 1040. The van der Waals surface area contributed by atoms with Gasteiger partial charge >= 0.3 is 5.97 Å². The van der Waals surface area contributed by atoms with Gasteiger partial charge < -0.3 is 19.5 Å². The molecule has 1 N–H and O–H groups in total. The van der Waals surface area contributed by atoms with E-state index in [1.165, 1.54) is 11.3 Å². The standard InChI is InChI=1S/C22H23NO5S/c1-5-19(24)28-16-8-6-7-14(11-16)23-22(25)21-20(27-13(2)3)17-12-15(26-4)9-10-18(17)29-21/h6-13H,5H2,1-4H3,(H,23,25). The Morgan fingerprint density at radius 1 is 1.10 bits per heavy atom. The number of fused-ring (bicyclic) bond motifs is 1. The summed E-state index contributed by atoms with van der Waals surface area (Å²) in [6.45, 7) is 5.55. The number of methoxy groups -OCH3 is 1. The van der Waals surface area contributed by atoms with Crippen LogP contribution in [0, 0.1) is 0 Å². The Kier molecular flexibility index (Phi) is 6.39. The van der Waals surface area contributed by atoms with Crippen LogP contribution in [0.1, 0.15) is 36.9 Å². The molecule has 0 bridgehead atoms. The molecule has 7 heteroatoms. The molecule has 3 rings (SSSR count). The number of anilines is 1. The van der Waals surface area contributed by atoms with Gasteiger partial charge in [0.25, 0.3) is 5.91 Å². The Morgan fingerprint density at radius 2 is 1.90 bits per heavy atom. The van der Waals surface area contributed by atoms with Crippen molar-refractivity contribution in [2.24, 2.45) is 0 Å². The number of hydrogen-bond acceptors (Lipinski definition) is 6. The van der Waals surface area contributed by atoms with Gasteiger partial charge in [-0.3, -0.25) is 9.59 Å². The number of amides is 1. The van der Waals surface area contributed by atoms with Gasteiger partial charge in [0.05, 0.1) is 13.2 Å². The average Bonchev–Trinajstić information content (AvgIpc) is 3.05. The molecule has 6 nitrogen and oxygen atoms in total. The molecule has 0 atom stereocenters. The van der Waals surface area contributed by atoms with Crippen LogP contribution in [0.15, 0.2) is 42.5 Å². The van der Waals surface area contributed by atoms with Crippen molar-refractivity contribution in [1.29, 1.82) is 0 Å². The van der Waals surface area contributed by atoms with Gasteiger partial charge in [-0.05, 0) is 44.2 Å². The van der Waals surface area contributed by atoms with Gasteiger partial charge in [0, 0.05) is 28.3 Å². The van der Waals surface area contributed by atoms with E-state index in [4.69, 9.17) is 14.2 Å². The number of thiophene rings is 1. The molecule has 0 saturated heterocycles. The van der Waals surface area contributed by atoms with E-state index >= 15 is 0 Å². The zero-order valence-electron chi connectivity index (χ0n) is 16.8. The van der Waals surface area contributed by atoms with E-state index in [-0.39, 0.29) is 24.4 Å². The number of ether oxygens (including phenoxy) is 3. The minimum absolute atomic E-state index is 0.0951. The van der Waals surface area contributed by atoms with Crippen LogP contribution in [0.3, 0.4) is 0 Å². The third-order valence-corrected chi connectivity index (χ3v) is 5.17. The van der Waals surface area contributed by atoms with Gasteiger partial charge in [-0.1, -0.05) is 13.0 Å². The highest BCUT2D eigenvalue weighted by molar-refractivity contribution is 7.21. The maximum absolute atomic E-state index is 13.0. The zero-order chi connectivity index (χ0) is 21.0. The summed E-state index contributed by atoms with van der Waals surface area (Å²) < 4.78 is 17.4. The maximum atomic E-state index is 13.0. The molecule has 0 saturated carbocycles. The van der Waals surface area contributed by atoms with Crippen LogP contribution in [-0.2, 0) is 4.79 Å². The van der Waals surface area contributed by atoms with Crippen LogP contribution in [0.2, 0.25) is 0 Å². The first-order chi connectivity index (χ1) is 13.9. The van der Waals surface area contributed by atoms with Crippen LogP contribution >= 0.6 is 11.3 Å². The Hall–Kier alpha value is -3.06. The molecule has 0 unspecified atom stereocenters. The average molecular weight is 413 g/mol. The summed E-state index contributed by atoms with van der Waals surface area (Å²) in [6, 6.07) is 12.4. The first-order valence-corrected chi connectivity index (χ1v) is 10.1. The number of rotatable bonds is 7. The van der Waals surface area contributed by atoms with Crippen LogP contribution in [0.5, 0.6) is 17.2 Å². The second-order valence-corrected chi connectivity index (χ2v) is 7.65. The number of carbonyl (C=O) groups excluding carboxylic acids is 2. The maximum Gasteiger partial charge on any atom is 0.310 e. The Labute approximate surface area is 173 Å². The lowest BCUT2D eigenvalue weighted by molar-refractivity contribution is -0.134. The fourth-order valence-corrected chi connectivity index (χ4v) is 3.72. The number of nitrogens with one attached hydrogen (secondary N) is 1. The second kappa shape index (κ2) is 8.96. The fourth-order valence-electron chi connectivity index (χ4n) is 2.71. The molecule has 3 aromatic rings. The number of esters is 1. The quantitative estimate of drug-likeness (QED) is 0.422. The van der Waals surface area contributed by atoms with Gasteiger partial charge in [0.1, 0.15) is 16.4 Å². The molecular weight excluding hydrogens is 390 g/mol. The molecule has 29 heavy (non-hydrogen) atoms. The predicted octanol–water partition coefficient (Wildman–Crippen LogP) is 5.26. The molecule has 0 aliphatic carbocycles. The summed E-state index contributed by atoms with van der Waals surface area (Å²) in [6.07, 6.45) is 0.180. The summed E-state index contributed by atoms with van der Waals surface area (Å²) in [5, 5.41) is 3.69. The molecule has 2 aromatic carbocycles. The van der Waals surface area contributed by atoms with Crippen molar-refractivity contribution in [2.45, 2.75) is 33.3 Å². The Morgan fingerprint density at radius 3 is 2.59 bits per heavy atom. The molecule has 0 aliphatic rings. The largest absolute Gasteiger partial charge is 0.497 e. The van der Waals surface area contributed by atoms with Gasteiger partial charge in [-0.2, -0.15) is 0 Å². The third kappa shape index (κ3) is 4.86. The topological polar surface area (TPSA) is 73.9 Å². The summed E-state index contributed by atoms with van der Waals surface area (Å²) in [7, 11) is 1.60. The highest BCUT2D eigenvalue weighted by Crippen LogP contribution is 2.40. The monoisotopic (exact) mass is 413 g/mol. The second-order valence-electron chi connectivity index (χ2n) is 6.60. The molecule has 0 aliphatic heterocycles. The summed E-state index contributed by atoms with van der Waals surface area (Å²) in [4.78, 5) is 25.0. The molecular formula is C22H23NO5S. The molecule has 0 radical (unpaired) electrons. The number of benzene rings is 2. The van der Waals surface area contributed by atoms with Crippen molar-refractivity contribution in [2.75, 3.05) is 12.4 Å². The van der Waals surface area contributed by atoms with E-state index in [9.17, 15) is 9.59 Å². The fraction of sp³-hybridized carbons (Fsp3) is 0.273. The van der Waals surface area contributed by atoms with Gasteiger partial charge in [-0.15, -0.1) is 11.3 Å². The highest BCUT2D eigenvalue weighted by Gasteiger charge is 2.22. The molecule has 1 aromatic heterocycles. The highest BCUT2D eigenvalue weighted by atomic mass is 32.1. The molecule has 1 amide bonds. The number of carbonyl (C=O) groups is 2.